The maximum absolute atomic E-state index is 12.6. The number of sulfone groups is 1. The molecule has 0 spiro atoms. The van der Waals surface area contributed by atoms with Gasteiger partial charge in [0.1, 0.15) is 5.75 Å². The highest BCUT2D eigenvalue weighted by molar-refractivity contribution is 7.90. The molecule has 2 aromatic rings. The quantitative estimate of drug-likeness (QED) is 0.574. The van der Waals surface area contributed by atoms with Crippen molar-refractivity contribution in [3.05, 3.63) is 54.1 Å². The Morgan fingerprint density at radius 3 is 1.88 bits per heavy atom. The number of rotatable bonds is 4. The molecule has 0 bridgehead atoms. The summed E-state index contributed by atoms with van der Waals surface area (Å²) in [6.45, 7) is 1.70. The summed E-state index contributed by atoms with van der Waals surface area (Å²) in [7, 11) is -3.13. The monoisotopic (exact) mass is 499 g/mol. The van der Waals surface area contributed by atoms with E-state index in [9.17, 15) is 21.6 Å². The minimum Gasteiger partial charge on any atom is -0.508 e. The van der Waals surface area contributed by atoms with E-state index in [1.54, 1.807) is 12.1 Å². The summed E-state index contributed by atoms with van der Waals surface area (Å²) < 4.78 is 65.7. The van der Waals surface area contributed by atoms with Gasteiger partial charge in [-0.25, -0.2) is 8.42 Å². The van der Waals surface area contributed by atoms with E-state index in [-0.39, 0.29) is 10.6 Å². The van der Waals surface area contributed by atoms with Crippen LogP contribution in [0.4, 0.5) is 18.9 Å². The van der Waals surface area contributed by atoms with Crippen molar-refractivity contribution in [3.63, 3.8) is 0 Å². The maximum Gasteiger partial charge on any atom is 0.416 e. The zero-order valence-electron chi connectivity index (χ0n) is 19.3. The van der Waals surface area contributed by atoms with Crippen LogP contribution in [-0.4, -0.2) is 45.1 Å². The Morgan fingerprint density at radius 2 is 1.38 bits per heavy atom. The van der Waals surface area contributed by atoms with E-state index in [0.29, 0.717) is 12.2 Å². The number of nitrogens with zero attached hydrogens (tertiary/aromatic N) is 1. The third-order valence-corrected chi connectivity index (χ3v) is 7.33. The first kappa shape index (κ1) is 26.3. The number of anilines is 1. The van der Waals surface area contributed by atoms with E-state index in [0.717, 1.165) is 37.9 Å². The van der Waals surface area contributed by atoms with Gasteiger partial charge in [-0.15, -0.1) is 0 Å². The largest absolute Gasteiger partial charge is 0.508 e. The van der Waals surface area contributed by atoms with E-state index in [2.05, 4.69) is 4.90 Å². The molecular formula is C25H32F3NO4S. The summed E-state index contributed by atoms with van der Waals surface area (Å²) in [5, 5.41) is 8.83. The Hall–Kier alpha value is -2.26. The Balaban J connectivity index is 0.000000248. The first-order valence-corrected chi connectivity index (χ1v) is 13.5. The van der Waals surface area contributed by atoms with Gasteiger partial charge in [0, 0.05) is 25.0 Å². The smallest absolute Gasteiger partial charge is 0.416 e. The molecule has 188 valence electrons. The molecule has 2 aliphatic rings. The number of ether oxygens (including phenoxy) is 1. The molecule has 1 saturated heterocycles. The molecule has 1 N–H and O–H groups in total. The second-order valence-electron chi connectivity index (χ2n) is 8.89. The molecular weight excluding hydrogens is 467 g/mol. The van der Waals surface area contributed by atoms with Gasteiger partial charge < -0.3 is 14.7 Å². The minimum absolute atomic E-state index is 0.0670. The topological polar surface area (TPSA) is 66.8 Å². The average Bonchev–Trinajstić information content (AvgIpc) is 2.80. The Morgan fingerprint density at radius 1 is 0.853 bits per heavy atom. The predicted octanol–water partition coefficient (Wildman–Crippen LogP) is 5.82. The first-order chi connectivity index (χ1) is 16.0. The second kappa shape index (κ2) is 11.4. The fourth-order valence-electron chi connectivity index (χ4n) is 4.28. The summed E-state index contributed by atoms with van der Waals surface area (Å²) >= 11 is 0. The molecule has 9 heteroatoms. The van der Waals surface area contributed by atoms with Crippen molar-refractivity contribution >= 4 is 15.5 Å². The minimum atomic E-state index is -4.26. The molecule has 0 unspecified atom stereocenters. The van der Waals surface area contributed by atoms with Crippen LogP contribution in [-0.2, 0) is 20.8 Å². The molecule has 34 heavy (non-hydrogen) atoms. The van der Waals surface area contributed by atoms with Crippen molar-refractivity contribution in [3.8, 4) is 5.75 Å². The SMILES string of the molecule is CS(=O)(=O)c1ccc(O)cc1.FC(F)(F)c1ccc(N2CCC(OC3CCCCC3)CC2)cc1. The number of phenols is 1. The van der Waals surface area contributed by atoms with Gasteiger partial charge in [-0.2, -0.15) is 13.2 Å². The molecule has 0 radical (unpaired) electrons. The zero-order valence-corrected chi connectivity index (χ0v) is 20.1. The molecule has 0 atom stereocenters. The van der Waals surface area contributed by atoms with Crippen LogP contribution in [0.1, 0.15) is 50.5 Å². The van der Waals surface area contributed by atoms with E-state index < -0.39 is 21.6 Å². The predicted molar refractivity (Wildman–Crippen MR) is 126 cm³/mol. The van der Waals surface area contributed by atoms with Crippen molar-refractivity contribution in [2.24, 2.45) is 0 Å². The summed E-state index contributed by atoms with van der Waals surface area (Å²) in [6.07, 6.45) is 5.73. The fourth-order valence-corrected chi connectivity index (χ4v) is 4.91. The maximum atomic E-state index is 12.6. The lowest BCUT2D eigenvalue weighted by molar-refractivity contribution is -0.137. The van der Waals surface area contributed by atoms with E-state index in [1.165, 1.54) is 68.5 Å². The van der Waals surface area contributed by atoms with Crippen LogP contribution in [0.15, 0.2) is 53.4 Å². The van der Waals surface area contributed by atoms with Crippen LogP contribution in [0.5, 0.6) is 5.75 Å². The molecule has 2 aromatic carbocycles. The Bertz CT molecular complexity index is 994. The number of halogens is 3. The third-order valence-electron chi connectivity index (χ3n) is 6.20. The number of benzene rings is 2. The van der Waals surface area contributed by atoms with Gasteiger partial charge in [0.05, 0.1) is 22.7 Å². The van der Waals surface area contributed by atoms with Gasteiger partial charge in [-0.3, -0.25) is 0 Å². The van der Waals surface area contributed by atoms with Crippen molar-refractivity contribution in [2.45, 2.75) is 68.2 Å². The molecule has 4 rings (SSSR count). The molecule has 1 aliphatic carbocycles. The number of hydrogen-bond donors (Lipinski definition) is 1. The molecule has 0 amide bonds. The number of hydrogen-bond acceptors (Lipinski definition) is 5. The lowest BCUT2D eigenvalue weighted by Gasteiger charge is -2.36. The summed E-state index contributed by atoms with van der Waals surface area (Å²) in [5.41, 5.74) is 0.283. The first-order valence-electron chi connectivity index (χ1n) is 11.6. The fraction of sp³-hybridized carbons (Fsp3) is 0.520. The average molecular weight is 500 g/mol. The molecule has 1 heterocycles. The molecule has 1 aliphatic heterocycles. The summed E-state index contributed by atoms with van der Waals surface area (Å²) in [6, 6.07) is 10.9. The molecule has 0 aromatic heterocycles. The second-order valence-corrected chi connectivity index (χ2v) is 10.9. The van der Waals surface area contributed by atoms with E-state index in [4.69, 9.17) is 9.84 Å². The standard InChI is InChI=1S/C18H24F3NO.C7H8O3S/c19-18(20,21)14-6-8-15(9-7-14)22-12-10-17(11-13-22)23-16-4-2-1-3-5-16;1-11(9,10)7-4-2-6(8)3-5-7/h6-9,16-17H,1-5,10-13H2;2-5,8H,1H3. The van der Waals surface area contributed by atoms with Gasteiger partial charge >= 0.3 is 6.18 Å². The van der Waals surface area contributed by atoms with Gasteiger partial charge in [0.25, 0.3) is 0 Å². The van der Waals surface area contributed by atoms with Gasteiger partial charge in [-0.1, -0.05) is 19.3 Å². The molecule has 5 nitrogen and oxygen atoms in total. The highest BCUT2D eigenvalue weighted by Gasteiger charge is 2.30. The van der Waals surface area contributed by atoms with Crippen LogP contribution in [0, 0.1) is 0 Å². The van der Waals surface area contributed by atoms with Crippen LogP contribution in [0.25, 0.3) is 0 Å². The van der Waals surface area contributed by atoms with Crippen molar-refractivity contribution < 1.29 is 31.4 Å². The number of aromatic hydroxyl groups is 1. The molecule has 2 fully saturated rings. The lowest BCUT2D eigenvalue weighted by atomic mass is 9.97. The number of phenolic OH excluding ortho intramolecular Hbond substituents is 1. The third kappa shape index (κ3) is 7.91. The van der Waals surface area contributed by atoms with Crippen LogP contribution in [0.3, 0.4) is 0 Å². The lowest BCUT2D eigenvalue weighted by Crippen LogP contribution is -2.38. The van der Waals surface area contributed by atoms with Gasteiger partial charge in [0.2, 0.25) is 0 Å². The summed E-state index contributed by atoms with van der Waals surface area (Å²) in [4.78, 5) is 2.37. The van der Waals surface area contributed by atoms with Crippen LogP contribution < -0.4 is 4.90 Å². The van der Waals surface area contributed by atoms with Crippen molar-refractivity contribution in [1.82, 2.24) is 0 Å². The number of alkyl halides is 3. The van der Waals surface area contributed by atoms with E-state index in [1.807, 2.05) is 0 Å². The normalized spacial score (nSPS) is 18.3. The highest BCUT2D eigenvalue weighted by atomic mass is 32.2. The van der Waals surface area contributed by atoms with Crippen molar-refractivity contribution in [2.75, 3.05) is 24.2 Å². The van der Waals surface area contributed by atoms with Gasteiger partial charge in [-0.05, 0) is 74.2 Å². The molecule has 1 saturated carbocycles. The Kier molecular flexibility index (Phi) is 8.87. The van der Waals surface area contributed by atoms with E-state index >= 15 is 0 Å². The zero-order chi connectivity index (χ0) is 24.8. The number of piperidine rings is 1. The summed E-state index contributed by atoms with van der Waals surface area (Å²) in [5.74, 6) is 0.0670. The van der Waals surface area contributed by atoms with Crippen LogP contribution in [0.2, 0.25) is 0 Å². The van der Waals surface area contributed by atoms with Gasteiger partial charge in [0.15, 0.2) is 9.84 Å². The van der Waals surface area contributed by atoms with Crippen LogP contribution >= 0.6 is 0 Å². The Labute approximate surface area is 199 Å². The van der Waals surface area contributed by atoms with Crippen molar-refractivity contribution in [1.29, 1.82) is 0 Å². The highest BCUT2D eigenvalue weighted by Crippen LogP contribution is 2.31.